The molecule has 100 valence electrons. The van der Waals surface area contributed by atoms with Crippen LogP contribution in [0.1, 0.15) is 22.3 Å². The van der Waals surface area contributed by atoms with Gasteiger partial charge in [-0.25, -0.2) is 9.37 Å². The average Bonchev–Trinajstić information content (AvgIpc) is 2.81. The molecule has 1 aromatic heterocycles. The Balaban J connectivity index is 2.28. The Morgan fingerprint density at radius 1 is 1.15 bits per heavy atom. The molecule has 20 heavy (non-hydrogen) atoms. The van der Waals surface area contributed by atoms with Crippen LogP contribution in [0.25, 0.3) is 21.3 Å². The van der Waals surface area contributed by atoms with Gasteiger partial charge in [-0.1, -0.05) is 24.3 Å². The molecule has 0 N–H and O–H groups in total. The highest BCUT2D eigenvalue weighted by molar-refractivity contribution is 7.17. The normalized spacial score (nSPS) is 10.9. The second-order valence-corrected chi connectivity index (χ2v) is 5.63. The molecule has 0 aliphatic rings. The molecule has 3 rings (SSSR count). The van der Waals surface area contributed by atoms with Crippen LogP contribution in [0.15, 0.2) is 36.4 Å². The van der Waals surface area contributed by atoms with Crippen LogP contribution >= 0.6 is 11.3 Å². The number of benzene rings is 2. The van der Waals surface area contributed by atoms with Crippen LogP contribution in [0.4, 0.5) is 4.39 Å². The third-order valence-corrected chi connectivity index (χ3v) is 4.51. The van der Waals surface area contributed by atoms with Gasteiger partial charge in [-0.2, -0.15) is 0 Å². The largest absolute Gasteiger partial charge is 0.294 e. The van der Waals surface area contributed by atoms with Gasteiger partial charge in [0.25, 0.3) is 0 Å². The van der Waals surface area contributed by atoms with E-state index in [9.17, 15) is 9.18 Å². The van der Waals surface area contributed by atoms with Crippen molar-refractivity contribution in [1.82, 2.24) is 4.98 Å². The maximum absolute atomic E-state index is 13.8. The molecule has 0 aliphatic carbocycles. The summed E-state index contributed by atoms with van der Waals surface area (Å²) in [7, 11) is 0. The van der Waals surface area contributed by atoms with Gasteiger partial charge in [0.15, 0.2) is 5.78 Å². The molecule has 0 radical (unpaired) electrons. The zero-order valence-electron chi connectivity index (χ0n) is 11.1. The first-order valence-electron chi connectivity index (χ1n) is 6.24. The summed E-state index contributed by atoms with van der Waals surface area (Å²) in [5.74, 6) is -0.234. The van der Waals surface area contributed by atoms with Gasteiger partial charge in [-0.15, -0.1) is 11.3 Å². The third-order valence-electron chi connectivity index (χ3n) is 3.22. The van der Waals surface area contributed by atoms with E-state index in [2.05, 4.69) is 4.98 Å². The van der Waals surface area contributed by atoms with Gasteiger partial charge >= 0.3 is 0 Å². The van der Waals surface area contributed by atoms with Crippen molar-refractivity contribution in [2.75, 3.05) is 0 Å². The van der Waals surface area contributed by atoms with Crippen LogP contribution in [-0.4, -0.2) is 10.8 Å². The summed E-state index contributed by atoms with van der Waals surface area (Å²) in [6, 6.07) is 10.5. The predicted molar refractivity (Wildman–Crippen MR) is 79.8 cm³/mol. The van der Waals surface area contributed by atoms with Gasteiger partial charge in [-0.05, 0) is 24.4 Å². The Hall–Kier alpha value is -2.07. The molecule has 0 bridgehead atoms. The van der Waals surface area contributed by atoms with Crippen molar-refractivity contribution < 1.29 is 9.18 Å². The summed E-state index contributed by atoms with van der Waals surface area (Å²) in [4.78, 5) is 16.7. The number of rotatable bonds is 2. The first-order chi connectivity index (χ1) is 9.58. The van der Waals surface area contributed by atoms with Crippen molar-refractivity contribution in [2.24, 2.45) is 0 Å². The number of thiazole rings is 1. The molecule has 0 unspecified atom stereocenters. The lowest BCUT2D eigenvalue weighted by Crippen LogP contribution is -1.89. The minimum atomic E-state index is -0.246. The second-order valence-electron chi connectivity index (χ2n) is 4.63. The predicted octanol–water partition coefficient (Wildman–Crippen LogP) is 4.61. The SMILES string of the molecule is CC(=O)c1sc(-c2ccc(F)c3ccccc23)nc1C. The highest BCUT2D eigenvalue weighted by atomic mass is 32.1. The van der Waals surface area contributed by atoms with Gasteiger partial charge in [0, 0.05) is 17.9 Å². The number of carbonyl (C=O) groups is 1. The number of hydrogen-bond acceptors (Lipinski definition) is 3. The molecular formula is C16H12FNOS. The highest BCUT2D eigenvalue weighted by Crippen LogP contribution is 2.34. The lowest BCUT2D eigenvalue weighted by molar-refractivity contribution is 0.102. The van der Waals surface area contributed by atoms with Crippen LogP contribution in [-0.2, 0) is 0 Å². The van der Waals surface area contributed by atoms with Gasteiger partial charge in [-0.3, -0.25) is 4.79 Å². The molecule has 4 heteroatoms. The van der Waals surface area contributed by atoms with E-state index in [0.29, 0.717) is 10.3 Å². The first kappa shape index (κ1) is 12.9. The Bertz CT molecular complexity index is 822. The second kappa shape index (κ2) is 4.80. The maximum atomic E-state index is 13.8. The van der Waals surface area contributed by atoms with E-state index in [0.717, 1.165) is 21.7 Å². The van der Waals surface area contributed by atoms with Gasteiger partial charge in [0.2, 0.25) is 0 Å². The van der Waals surface area contributed by atoms with E-state index in [-0.39, 0.29) is 11.6 Å². The minimum absolute atomic E-state index is 0.0117. The summed E-state index contributed by atoms with van der Waals surface area (Å²) < 4.78 is 13.8. The smallest absolute Gasteiger partial charge is 0.171 e. The van der Waals surface area contributed by atoms with E-state index in [1.165, 1.54) is 24.3 Å². The van der Waals surface area contributed by atoms with Crippen LogP contribution in [0.5, 0.6) is 0 Å². The van der Waals surface area contributed by atoms with Crippen LogP contribution in [0, 0.1) is 12.7 Å². The van der Waals surface area contributed by atoms with E-state index < -0.39 is 0 Å². The zero-order chi connectivity index (χ0) is 14.3. The Morgan fingerprint density at radius 2 is 1.85 bits per heavy atom. The summed E-state index contributed by atoms with van der Waals surface area (Å²) in [6.45, 7) is 3.36. The Kier molecular flexibility index (Phi) is 3.10. The van der Waals surface area contributed by atoms with Crippen molar-refractivity contribution >= 4 is 27.9 Å². The Labute approximate surface area is 119 Å². The Morgan fingerprint density at radius 3 is 2.50 bits per heavy atom. The summed E-state index contributed by atoms with van der Waals surface area (Å²) in [5.41, 5.74) is 1.59. The van der Waals surface area contributed by atoms with Gasteiger partial charge < -0.3 is 0 Å². The molecule has 0 saturated carbocycles. The molecule has 0 aliphatic heterocycles. The van der Waals surface area contributed by atoms with E-state index in [4.69, 9.17) is 0 Å². The van der Waals surface area contributed by atoms with Crippen molar-refractivity contribution in [3.63, 3.8) is 0 Å². The van der Waals surface area contributed by atoms with Gasteiger partial charge in [0.1, 0.15) is 10.8 Å². The van der Waals surface area contributed by atoms with Crippen molar-refractivity contribution in [1.29, 1.82) is 0 Å². The summed E-state index contributed by atoms with van der Waals surface area (Å²) in [6.07, 6.45) is 0. The highest BCUT2D eigenvalue weighted by Gasteiger charge is 2.15. The lowest BCUT2D eigenvalue weighted by atomic mass is 10.0. The number of carbonyl (C=O) groups excluding carboxylic acids is 1. The number of aromatic nitrogens is 1. The van der Waals surface area contributed by atoms with Crippen LogP contribution < -0.4 is 0 Å². The number of ketones is 1. The number of nitrogens with zero attached hydrogens (tertiary/aromatic N) is 1. The quantitative estimate of drug-likeness (QED) is 0.643. The fraction of sp³-hybridized carbons (Fsp3) is 0.125. The molecule has 3 aromatic rings. The van der Waals surface area contributed by atoms with Crippen molar-refractivity contribution in [3.05, 3.63) is 52.8 Å². The molecule has 0 fully saturated rings. The van der Waals surface area contributed by atoms with E-state index in [1.54, 1.807) is 12.1 Å². The number of Topliss-reactive ketones (excluding diaryl/α,β-unsaturated/α-hetero) is 1. The molecule has 0 atom stereocenters. The average molecular weight is 285 g/mol. The molecule has 0 amide bonds. The fourth-order valence-corrected chi connectivity index (χ4v) is 3.29. The number of hydrogen-bond donors (Lipinski definition) is 0. The third kappa shape index (κ3) is 2.02. The van der Waals surface area contributed by atoms with E-state index in [1.807, 2.05) is 25.1 Å². The summed E-state index contributed by atoms with van der Waals surface area (Å²) in [5, 5.41) is 2.14. The monoisotopic (exact) mass is 285 g/mol. The number of fused-ring (bicyclic) bond motifs is 1. The van der Waals surface area contributed by atoms with Crippen molar-refractivity contribution in [3.8, 4) is 10.6 Å². The van der Waals surface area contributed by atoms with Crippen LogP contribution in [0.2, 0.25) is 0 Å². The first-order valence-corrected chi connectivity index (χ1v) is 7.05. The van der Waals surface area contributed by atoms with Crippen molar-refractivity contribution in [2.45, 2.75) is 13.8 Å². The standard InChI is InChI=1S/C16H12FNOS/c1-9-15(10(2)19)20-16(18-9)13-7-8-14(17)12-6-4-3-5-11(12)13/h3-8H,1-2H3. The topological polar surface area (TPSA) is 30.0 Å². The maximum Gasteiger partial charge on any atom is 0.171 e. The van der Waals surface area contributed by atoms with Crippen LogP contribution in [0.3, 0.4) is 0 Å². The molecule has 1 heterocycles. The zero-order valence-corrected chi connectivity index (χ0v) is 11.9. The number of aryl methyl sites for hydroxylation is 1. The molecule has 2 aromatic carbocycles. The molecule has 2 nitrogen and oxygen atoms in total. The van der Waals surface area contributed by atoms with Gasteiger partial charge in [0.05, 0.1) is 10.6 Å². The summed E-state index contributed by atoms with van der Waals surface area (Å²) >= 11 is 1.36. The molecule has 0 saturated heterocycles. The minimum Gasteiger partial charge on any atom is -0.294 e. The molecular weight excluding hydrogens is 273 g/mol. The fourth-order valence-electron chi connectivity index (χ4n) is 2.29. The number of halogens is 1. The molecule has 0 spiro atoms. The lowest BCUT2D eigenvalue weighted by Gasteiger charge is -2.04. The van der Waals surface area contributed by atoms with E-state index >= 15 is 0 Å².